The lowest BCUT2D eigenvalue weighted by molar-refractivity contribution is 0.102. The number of sulfonamides is 1. The number of nitrogens with zero attached hydrogens (tertiary/aromatic N) is 1. The van der Waals surface area contributed by atoms with E-state index in [0.717, 1.165) is 19.3 Å². The van der Waals surface area contributed by atoms with E-state index >= 15 is 0 Å². The number of sulfone groups is 1. The number of rotatable bonds is 6. The van der Waals surface area contributed by atoms with Gasteiger partial charge >= 0.3 is 0 Å². The fraction of sp³-hybridized carbons (Fsp3) is 0.350. The summed E-state index contributed by atoms with van der Waals surface area (Å²) >= 11 is 0. The van der Waals surface area contributed by atoms with Gasteiger partial charge in [-0.2, -0.15) is 4.31 Å². The van der Waals surface area contributed by atoms with Crippen LogP contribution in [0.25, 0.3) is 0 Å². The van der Waals surface area contributed by atoms with Gasteiger partial charge in [0.2, 0.25) is 10.0 Å². The van der Waals surface area contributed by atoms with Gasteiger partial charge < -0.3 is 5.32 Å². The first kappa shape index (κ1) is 21.5. The van der Waals surface area contributed by atoms with E-state index in [1.165, 1.54) is 40.7 Å². The molecule has 0 spiro atoms. The SMILES string of the molecule is CCS(=O)(=O)c1ccc(NC(=O)c2ccccc2S(=O)(=O)N2CCCCC2)cc1. The van der Waals surface area contributed by atoms with Crippen molar-refractivity contribution >= 4 is 31.5 Å². The Hall–Kier alpha value is -2.23. The summed E-state index contributed by atoms with van der Waals surface area (Å²) in [5.74, 6) is -0.576. The summed E-state index contributed by atoms with van der Waals surface area (Å²) in [5, 5.41) is 2.65. The summed E-state index contributed by atoms with van der Waals surface area (Å²) in [6, 6.07) is 11.9. The molecule has 0 aromatic heterocycles. The van der Waals surface area contributed by atoms with Crippen molar-refractivity contribution in [3.8, 4) is 0 Å². The summed E-state index contributed by atoms with van der Waals surface area (Å²) in [6.45, 7) is 2.46. The van der Waals surface area contributed by atoms with Crippen molar-refractivity contribution < 1.29 is 21.6 Å². The molecular formula is C20H24N2O5S2. The molecule has 9 heteroatoms. The minimum Gasteiger partial charge on any atom is -0.322 e. The Morgan fingerprint density at radius 3 is 2.17 bits per heavy atom. The van der Waals surface area contributed by atoms with Crippen LogP contribution in [0.2, 0.25) is 0 Å². The van der Waals surface area contributed by atoms with Gasteiger partial charge in [-0.05, 0) is 49.2 Å². The highest BCUT2D eigenvalue weighted by atomic mass is 32.2. The van der Waals surface area contributed by atoms with Crippen LogP contribution >= 0.6 is 0 Å². The maximum Gasteiger partial charge on any atom is 0.257 e. The summed E-state index contributed by atoms with van der Waals surface area (Å²) in [5.41, 5.74) is 0.443. The maximum absolute atomic E-state index is 13.0. The molecular weight excluding hydrogens is 412 g/mol. The third-order valence-corrected chi connectivity index (χ3v) is 8.62. The van der Waals surface area contributed by atoms with Crippen LogP contribution in [0, 0.1) is 0 Å². The molecule has 0 atom stereocenters. The molecule has 1 aliphatic heterocycles. The summed E-state index contributed by atoms with van der Waals surface area (Å²) in [4.78, 5) is 12.9. The van der Waals surface area contributed by atoms with Crippen LogP contribution in [0.5, 0.6) is 0 Å². The molecule has 1 heterocycles. The van der Waals surface area contributed by atoms with Crippen LogP contribution < -0.4 is 5.32 Å². The lowest BCUT2D eigenvalue weighted by Crippen LogP contribution is -2.36. The third-order valence-electron chi connectivity index (χ3n) is 4.92. The summed E-state index contributed by atoms with van der Waals surface area (Å²) < 4.78 is 51.3. The number of benzene rings is 2. The van der Waals surface area contributed by atoms with Crippen molar-refractivity contribution in [3.05, 3.63) is 54.1 Å². The predicted molar refractivity (Wildman–Crippen MR) is 111 cm³/mol. The van der Waals surface area contributed by atoms with Gasteiger partial charge in [0, 0.05) is 18.8 Å². The van der Waals surface area contributed by atoms with Gasteiger partial charge in [0.15, 0.2) is 9.84 Å². The van der Waals surface area contributed by atoms with Gasteiger partial charge in [0.1, 0.15) is 0 Å². The maximum atomic E-state index is 13.0. The van der Waals surface area contributed by atoms with Crippen molar-refractivity contribution in [2.24, 2.45) is 0 Å². The zero-order chi connectivity index (χ0) is 21.1. The van der Waals surface area contributed by atoms with Crippen molar-refractivity contribution in [2.45, 2.75) is 36.0 Å². The molecule has 7 nitrogen and oxygen atoms in total. The Balaban J connectivity index is 1.85. The standard InChI is InChI=1S/C20H24N2O5S2/c1-2-28(24,25)17-12-10-16(11-13-17)21-20(23)18-8-4-5-9-19(18)29(26,27)22-14-6-3-7-15-22/h4-5,8-13H,2-3,6-7,14-15H2,1H3,(H,21,23). The normalized spacial score (nSPS) is 15.8. The first-order valence-corrected chi connectivity index (χ1v) is 12.6. The molecule has 0 unspecified atom stereocenters. The quantitative estimate of drug-likeness (QED) is 0.750. The van der Waals surface area contributed by atoms with Gasteiger partial charge in [-0.1, -0.05) is 25.5 Å². The molecule has 1 amide bonds. The molecule has 0 saturated carbocycles. The monoisotopic (exact) mass is 436 g/mol. The fourth-order valence-electron chi connectivity index (χ4n) is 3.23. The second-order valence-electron chi connectivity index (χ2n) is 6.84. The Labute approximate surface area is 171 Å². The van der Waals surface area contributed by atoms with E-state index in [0.29, 0.717) is 18.8 Å². The number of piperidine rings is 1. The fourth-order valence-corrected chi connectivity index (χ4v) is 5.82. The van der Waals surface area contributed by atoms with Gasteiger partial charge in [-0.25, -0.2) is 16.8 Å². The molecule has 0 aliphatic carbocycles. The van der Waals surface area contributed by atoms with E-state index in [4.69, 9.17) is 0 Å². The molecule has 3 rings (SSSR count). The van der Waals surface area contributed by atoms with Gasteiger partial charge in [-0.3, -0.25) is 4.79 Å². The van der Waals surface area contributed by atoms with E-state index in [1.807, 2.05) is 0 Å². The smallest absolute Gasteiger partial charge is 0.257 e. The summed E-state index contributed by atoms with van der Waals surface area (Å²) in [7, 11) is -7.10. The first-order valence-electron chi connectivity index (χ1n) is 9.49. The van der Waals surface area contributed by atoms with E-state index in [9.17, 15) is 21.6 Å². The Kier molecular flexibility index (Phi) is 6.40. The van der Waals surface area contributed by atoms with Gasteiger partial charge in [0.25, 0.3) is 5.91 Å². The second kappa shape index (κ2) is 8.64. The number of anilines is 1. The zero-order valence-corrected chi connectivity index (χ0v) is 17.8. The Bertz CT molecular complexity index is 1090. The van der Waals surface area contributed by atoms with Gasteiger partial charge in [-0.15, -0.1) is 0 Å². The van der Waals surface area contributed by atoms with Crippen LogP contribution in [0.15, 0.2) is 58.3 Å². The highest BCUT2D eigenvalue weighted by molar-refractivity contribution is 7.91. The van der Waals surface area contributed by atoms with Gasteiger partial charge in [0.05, 0.1) is 21.1 Å². The van der Waals surface area contributed by atoms with Crippen molar-refractivity contribution in [1.29, 1.82) is 0 Å². The molecule has 0 radical (unpaired) electrons. The minimum atomic E-state index is -3.77. The first-order chi connectivity index (χ1) is 13.8. The van der Waals surface area contributed by atoms with Crippen molar-refractivity contribution in [1.82, 2.24) is 4.31 Å². The largest absolute Gasteiger partial charge is 0.322 e. The molecule has 1 fully saturated rings. The van der Waals surface area contributed by atoms with Crippen LogP contribution in [0.4, 0.5) is 5.69 Å². The average Bonchev–Trinajstić information content (AvgIpc) is 2.74. The second-order valence-corrected chi connectivity index (χ2v) is 11.0. The molecule has 1 saturated heterocycles. The Morgan fingerprint density at radius 1 is 0.931 bits per heavy atom. The van der Waals surface area contributed by atoms with Crippen LogP contribution in [0.1, 0.15) is 36.5 Å². The molecule has 1 aliphatic rings. The zero-order valence-electron chi connectivity index (χ0n) is 16.2. The lowest BCUT2D eigenvalue weighted by Gasteiger charge is -2.26. The molecule has 2 aromatic carbocycles. The third kappa shape index (κ3) is 4.68. The van der Waals surface area contributed by atoms with Crippen LogP contribution in [0.3, 0.4) is 0 Å². The number of hydrogen-bond donors (Lipinski definition) is 1. The topological polar surface area (TPSA) is 101 Å². The molecule has 29 heavy (non-hydrogen) atoms. The predicted octanol–water partition coefficient (Wildman–Crippen LogP) is 2.91. The van der Waals surface area contributed by atoms with E-state index in [1.54, 1.807) is 19.1 Å². The molecule has 1 N–H and O–H groups in total. The molecule has 2 aromatic rings. The molecule has 0 bridgehead atoms. The minimum absolute atomic E-state index is 0.0135. The number of hydrogen-bond acceptors (Lipinski definition) is 5. The van der Waals surface area contributed by atoms with E-state index < -0.39 is 25.8 Å². The van der Waals surface area contributed by atoms with Crippen molar-refractivity contribution in [2.75, 3.05) is 24.2 Å². The highest BCUT2D eigenvalue weighted by Gasteiger charge is 2.29. The van der Waals surface area contributed by atoms with E-state index in [-0.39, 0.29) is 21.1 Å². The lowest BCUT2D eigenvalue weighted by atomic mass is 10.2. The number of amides is 1. The van der Waals surface area contributed by atoms with Crippen LogP contribution in [-0.2, 0) is 19.9 Å². The molecule has 156 valence electrons. The number of carbonyl (C=O) groups excluding carboxylic acids is 1. The van der Waals surface area contributed by atoms with Crippen LogP contribution in [-0.4, -0.2) is 45.9 Å². The number of carbonyl (C=O) groups is 1. The Morgan fingerprint density at radius 2 is 1.55 bits per heavy atom. The summed E-state index contributed by atoms with van der Waals surface area (Å²) in [6.07, 6.45) is 2.61. The van der Waals surface area contributed by atoms with E-state index in [2.05, 4.69) is 5.32 Å². The average molecular weight is 437 g/mol. The van der Waals surface area contributed by atoms with Crippen molar-refractivity contribution in [3.63, 3.8) is 0 Å². The number of nitrogens with one attached hydrogen (secondary N) is 1. The highest BCUT2D eigenvalue weighted by Crippen LogP contribution is 2.24.